The lowest BCUT2D eigenvalue weighted by Crippen LogP contribution is -2.39. The van der Waals surface area contributed by atoms with Crippen LogP contribution in [0.25, 0.3) is 6.08 Å². The third-order valence-corrected chi connectivity index (χ3v) is 6.42. The number of esters is 1. The van der Waals surface area contributed by atoms with Crippen LogP contribution in [0.4, 0.5) is 0 Å². The van der Waals surface area contributed by atoms with Crippen LogP contribution in [0.5, 0.6) is 17.2 Å². The number of carbonyl (C=O) groups excluding carboxylic acids is 1. The lowest BCUT2D eigenvalue weighted by atomic mass is 9.96. The SMILES string of the molecule is CCOc1ccc(C2C(C(=O)OC)=C(C)N=c3s/c(=C\c4ccc(O)c(OC)c4)c(=O)n32)cc1. The first-order valence-electron chi connectivity index (χ1n) is 10.6. The minimum atomic E-state index is -0.698. The molecule has 34 heavy (non-hydrogen) atoms. The summed E-state index contributed by atoms with van der Waals surface area (Å²) in [5, 5.41) is 9.86. The maximum absolute atomic E-state index is 13.6. The van der Waals surface area contributed by atoms with Crippen molar-refractivity contribution in [3.63, 3.8) is 0 Å². The number of ether oxygens (including phenoxy) is 3. The molecule has 0 spiro atoms. The van der Waals surface area contributed by atoms with Gasteiger partial charge in [0, 0.05) is 0 Å². The Morgan fingerprint density at radius 1 is 1.21 bits per heavy atom. The number of carbonyl (C=O) groups is 1. The number of fused-ring (bicyclic) bond motifs is 1. The van der Waals surface area contributed by atoms with E-state index in [2.05, 4.69) is 4.99 Å². The second-order valence-electron chi connectivity index (χ2n) is 7.51. The van der Waals surface area contributed by atoms with Gasteiger partial charge in [-0.1, -0.05) is 29.5 Å². The summed E-state index contributed by atoms with van der Waals surface area (Å²) in [6.07, 6.45) is 1.71. The minimum Gasteiger partial charge on any atom is -0.504 e. The lowest BCUT2D eigenvalue weighted by molar-refractivity contribution is -0.136. The summed E-state index contributed by atoms with van der Waals surface area (Å²) in [7, 11) is 2.77. The summed E-state index contributed by atoms with van der Waals surface area (Å²) in [5.41, 5.74) is 1.92. The van der Waals surface area contributed by atoms with Crippen molar-refractivity contribution in [1.29, 1.82) is 0 Å². The molecule has 9 heteroatoms. The van der Waals surface area contributed by atoms with Crippen molar-refractivity contribution in [3.05, 3.63) is 84.5 Å². The van der Waals surface area contributed by atoms with Crippen molar-refractivity contribution < 1.29 is 24.1 Å². The smallest absolute Gasteiger partial charge is 0.338 e. The summed E-state index contributed by atoms with van der Waals surface area (Å²) in [6.45, 7) is 4.16. The van der Waals surface area contributed by atoms with Crippen molar-refractivity contribution in [2.75, 3.05) is 20.8 Å². The van der Waals surface area contributed by atoms with Crippen LogP contribution in [-0.4, -0.2) is 36.5 Å². The normalized spacial score (nSPS) is 15.5. The number of hydrogen-bond acceptors (Lipinski definition) is 8. The average Bonchev–Trinajstić information content (AvgIpc) is 3.14. The second-order valence-corrected chi connectivity index (χ2v) is 8.52. The molecular weight excluding hydrogens is 456 g/mol. The average molecular weight is 481 g/mol. The highest BCUT2D eigenvalue weighted by atomic mass is 32.1. The highest BCUT2D eigenvalue weighted by Gasteiger charge is 2.33. The van der Waals surface area contributed by atoms with Gasteiger partial charge in [0.15, 0.2) is 16.3 Å². The standard InChI is InChI=1S/C25H24N2O6S/c1-5-33-17-9-7-16(8-10-17)22-21(24(30)32-4)14(2)26-25-27(22)23(29)20(34-25)13-15-6-11-18(28)19(12-15)31-3/h6-13,22,28H,5H2,1-4H3/b20-13-. The number of benzene rings is 2. The number of aromatic nitrogens is 1. The van der Waals surface area contributed by atoms with Gasteiger partial charge in [-0.3, -0.25) is 9.36 Å². The zero-order chi connectivity index (χ0) is 24.4. The number of phenolic OH excluding ortho intramolecular Hbond substituents is 1. The Morgan fingerprint density at radius 3 is 2.59 bits per heavy atom. The number of hydrogen-bond donors (Lipinski definition) is 1. The van der Waals surface area contributed by atoms with E-state index in [1.807, 2.05) is 31.2 Å². The lowest BCUT2D eigenvalue weighted by Gasteiger charge is -2.24. The fourth-order valence-electron chi connectivity index (χ4n) is 3.86. The molecule has 0 radical (unpaired) electrons. The first-order chi connectivity index (χ1) is 16.4. The van der Waals surface area contributed by atoms with Crippen molar-refractivity contribution in [2.45, 2.75) is 19.9 Å². The molecule has 2 aromatic carbocycles. The third kappa shape index (κ3) is 4.22. The number of allylic oxidation sites excluding steroid dienone is 1. The molecule has 176 valence electrons. The van der Waals surface area contributed by atoms with Crippen molar-refractivity contribution >= 4 is 23.4 Å². The molecule has 0 aliphatic carbocycles. The Kier molecular flexibility index (Phi) is 6.56. The van der Waals surface area contributed by atoms with E-state index in [0.29, 0.717) is 44.3 Å². The summed E-state index contributed by atoms with van der Waals surface area (Å²) >= 11 is 1.22. The van der Waals surface area contributed by atoms with Gasteiger partial charge in [-0.15, -0.1) is 0 Å². The van der Waals surface area contributed by atoms with Crippen LogP contribution in [0.2, 0.25) is 0 Å². The third-order valence-electron chi connectivity index (χ3n) is 5.44. The molecule has 1 aromatic heterocycles. The summed E-state index contributed by atoms with van der Waals surface area (Å²) in [6, 6.07) is 11.4. The van der Waals surface area contributed by atoms with Crippen LogP contribution >= 0.6 is 11.3 Å². The van der Waals surface area contributed by atoms with Gasteiger partial charge >= 0.3 is 5.97 Å². The molecular formula is C25H24N2O6S. The first kappa shape index (κ1) is 23.3. The number of aromatic hydroxyl groups is 1. The molecule has 0 amide bonds. The van der Waals surface area contributed by atoms with Crippen LogP contribution in [0.3, 0.4) is 0 Å². The molecule has 1 N–H and O–H groups in total. The molecule has 4 rings (SSSR count). The van der Waals surface area contributed by atoms with Crippen LogP contribution in [0.1, 0.15) is 31.0 Å². The number of phenols is 1. The summed E-state index contributed by atoms with van der Waals surface area (Å²) < 4.78 is 17.7. The van der Waals surface area contributed by atoms with E-state index < -0.39 is 12.0 Å². The highest BCUT2D eigenvalue weighted by molar-refractivity contribution is 7.07. The van der Waals surface area contributed by atoms with E-state index in [1.54, 1.807) is 25.1 Å². The van der Waals surface area contributed by atoms with Gasteiger partial charge < -0.3 is 19.3 Å². The van der Waals surface area contributed by atoms with Crippen LogP contribution in [-0.2, 0) is 9.53 Å². The monoisotopic (exact) mass is 480 g/mol. The Hall–Kier alpha value is -3.85. The predicted molar refractivity (Wildman–Crippen MR) is 128 cm³/mol. The Labute approximate surface area is 199 Å². The minimum absolute atomic E-state index is 0.00922. The molecule has 0 fully saturated rings. The molecule has 0 bridgehead atoms. The molecule has 3 aromatic rings. The van der Waals surface area contributed by atoms with Crippen LogP contribution in [0.15, 0.2) is 63.5 Å². The molecule has 1 aliphatic rings. The van der Waals surface area contributed by atoms with Gasteiger partial charge in [-0.25, -0.2) is 9.79 Å². The summed E-state index contributed by atoms with van der Waals surface area (Å²) in [5.74, 6) is 0.463. The number of thiazole rings is 1. The van der Waals surface area contributed by atoms with Crippen molar-refractivity contribution in [1.82, 2.24) is 4.57 Å². The van der Waals surface area contributed by atoms with Gasteiger partial charge in [0.05, 0.1) is 42.7 Å². The van der Waals surface area contributed by atoms with Gasteiger partial charge in [0.2, 0.25) is 0 Å². The van der Waals surface area contributed by atoms with Crippen LogP contribution < -0.4 is 24.4 Å². The molecule has 1 atom stereocenters. The number of rotatable bonds is 6. The molecule has 0 saturated carbocycles. The maximum atomic E-state index is 13.6. The first-order valence-corrected chi connectivity index (χ1v) is 11.4. The maximum Gasteiger partial charge on any atom is 0.338 e. The zero-order valence-corrected chi connectivity index (χ0v) is 20.0. The van der Waals surface area contributed by atoms with E-state index in [0.717, 1.165) is 5.56 Å². The Morgan fingerprint density at radius 2 is 1.94 bits per heavy atom. The van der Waals surface area contributed by atoms with E-state index in [1.165, 1.54) is 36.2 Å². The van der Waals surface area contributed by atoms with Gasteiger partial charge in [-0.2, -0.15) is 0 Å². The highest BCUT2D eigenvalue weighted by Crippen LogP contribution is 2.31. The van der Waals surface area contributed by atoms with Crippen molar-refractivity contribution in [2.24, 2.45) is 4.99 Å². The fourth-order valence-corrected chi connectivity index (χ4v) is 4.90. The van der Waals surface area contributed by atoms with E-state index in [9.17, 15) is 14.7 Å². The van der Waals surface area contributed by atoms with Gasteiger partial charge in [-0.05, 0) is 55.3 Å². The van der Waals surface area contributed by atoms with E-state index in [-0.39, 0.29) is 11.3 Å². The molecule has 0 saturated heterocycles. The predicted octanol–water partition coefficient (Wildman–Crippen LogP) is 2.52. The topological polar surface area (TPSA) is 99.4 Å². The molecule has 8 nitrogen and oxygen atoms in total. The Balaban J connectivity index is 1.91. The Bertz CT molecular complexity index is 1450. The van der Waals surface area contributed by atoms with Crippen molar-refractivity contribution in [3.8, 4) is 17.2 Å². The van der Waals surface area contributed by atoms with Gasteiger partial charge in [0.1, 0.15) is 5.75 Å². The molecule has 1 aliphatic heterocycles. The second kappa shape index (κ2) is 9.56. The molecule has 1 unspecified atom stereocenters. The van der Waals surface area contributed by atoms with E-state index in [4.69, 9.17) is 14.2 Å². The van der Waals surface area contributed by atoms with Gasteiger partial charge in [0.25, 0.3) is 5.56 Å². The number of nitrogens with zero attached hydrogens (tertiary/aromatic N) is 2. The number of methoxy groups -OCH3 is 2. The zero-order valence-electron chi connectivity index (χ0n) is 19.2. The van der Waals surface area contributed by atoms with Crippen LogP contribution in [0, 0.1) is 0 Å². The molecule has 2 heterocycles. The fraction of sp³-hybridized carbons (Fsp3) is 0.240. The van der Waals surface area contributed by atoms with E-state index >= 15 is 0 Å². The largest absolute Gasteiger partial charge is 0.504 e. The quantitative estimate of drug-likeness (QED) is 0.545. The summed E-state index contributed by atoms with van der Waals surface area (Å²) in [4.78, 5) is 31.3.